The molecule has 0 aliphatic rings. The van der Waals surface area contributed by atoms with Gasteiger partial charge in [0, 0.05) is 12.8 Å². The minimum atomic E-state index is -0.840. The summed E-state index contributed by atoms with van der Waals surface area (Å²) in [4.78, 5) is 24.5. The van der Waals surface area contributed by atoms with E-state index >= 15 is 0 Å². The molecule has 0 aliphatic carbocycles. The molecule has 0 aromatic heterocycles. The third-order valence-corrected chi connectivity index (χ3v) is 14.9. The van der Waals surface area contributed by atoms with E-state index in [9.17, 15) is 19.8 Å². The van der Waals surface area contributed by atoms with Crippen molar-refractivity contribution < 1.29 is 24.5 Å². The quantitative estimate of drug-likeness (QED) is 0.0320. The molecular weight excluding hydrogens is 887 g/mol. The molecular formula is C66H125NO5. The van der Waals surface area contributed by atoms with E-state index in [1.807, 2.05) is 6.08 Å². The lowest BCUT2D eigenvalue weighted by Gasteiger charge is -2.20. The zero-order valence-corrected chi connectivity index (χ0v) is 48.4. The maximum atomic E-state index is 12.4. The molecule has 0 fully saturated rings. The fourth-order valence-corrected chi connectivity index (χ4v) is 9.96. The van der Waals surface area contributed by atoms with Crippen molar-refractivity contribution in [2.75, 3.05) is 13.2 Å². The minimum absolute atomic E-state index is 0.00558. The Hall–Kier alpha value is -1.92. The van der Waals surface area contributed by atoms with E-state index in [4.69, 9.17) is 4.74 Å². The van der Waals surface area contributed by atoms with Crippen LogP contribution in [0.5, 0.6) is 0 Å². The van der Waals surface area contributed by atoms with Crippen LogP contribution in [0.4, 0.5) is 0 Å². The first-order chi connectivity index (χ1) is 35.5. The van der Waals surface area contributed by atoms with E-state index < -0.39 is 12.1 Å². The predicted octanol–water partition coefficient (Wildman–Crippen LogP) is 20.4. The van der Waals surface area contributed by atoms with Gasteiger partial charge in [-0.15, -0.1) is 0 Å². The first-order valence-electron chi connectivity index (χ1n) is 32.3. The van der Waals surface area contributed by atoms with Gasteiger partial charge < -0.3 is 20.3 Å². The zero-order chi connectivity index (χ0) is 52.2. The Morgan fingerprint density at radius 2 is 0.694 bits per heavy atom. The molecule has 3 N–H and O–H groups in total. The highest BCUT2D eigenvalue weighted by Gasteiger charge is 2.18. The van der Waals surface area contributed by atoms with Crippen LogP contribution >= 0.6 is 0 Å². The number of aliphatic hydroxyl groups is 2. The minimum Gasteiger partial charge on any atom is -0.466 e. The van der Waals surface area contributed by atoms with E-state index in [1.165, 1.54) is 270 Å². The Kier molecular flexibility index (Phi) is 60.0. The predicted molar refractivity (Wildman–Crippen MR) is 315 cm³/mol. The fraction of sp³-hybridized carbons (Fsp3) is 0.879. The highest BCUT2D eigenvalue weighted by molar-refractivity contribution is 5.76. The number of allylic oxidation sites excluding steroid dienone is 5. The second-order valence-electron chi connectivity index (χ2n) is 22.1. The lowest BCUT2D eigenvalue weighted by molar-refractivity contribution is -0.143. The van der Waals surface area contributed by atoms with Gasteiger partial charge in [-0.05, 0) is 64.2 Å². The lowest BCUT2D eigenvalue weighted by Crippen LogP contribution is -2.45. The van der Waals surface area contributed by atoms with Crippen LogP contribution in [-0.2, 0) is 14.3 Å². The molecule has 424 valence electrons. The number of esters is 1. The number of amides is 1. The largest absolute Gasteiger partial charge is 0.466 e. The van der Waals surface area contributed by atoms with Crippen molar-refractivity contribution in [2.24, 2.45) is 0 Å². The molecule has 2 unspecified atom stereocenters. The van der Waals surface area contributed by atoms with Crippen molar-refractivity contribution in [3.05, 3.63) is 36.5 Å². The number of ether oxygens (including phenoxy) is 1. The van der Waals surface area contributed by atoms with Gasteiger partial charge in [0.15, 0.2) is 0 Å². The Morgan fingerprint density at radius 3 is 1.07 bits per heavy atom. The van der Waals surface area contributed by atoms with Gasteiger partial charge >= 0.3 is 5.97 Å². The van der Waals surface area contributed by atoms with Crippen molar-refractivity contribution in [1.29, 1.82) is 0 Å². The van der Waals surface area contributed by atoms with Crippen LogP contribution < -0.4 is 5.32 Å². The van der Waals surface area contributed by atoms with Crippen LogP contribution in [0.15, 0.2) is 36.5 Å². The first kappa shape index (κ1) is 70.1. The van der Waals surface area contributed by atoms with Crippen LogP contribution in [0, 0.1) is 0 Å². The highest BCUT2D eigenvalue weighted by Crippen LogP contribution is 2.18. The van der Waals surface area contributed by atoms with Crippen molar-refractivity contribution in [3.8, 4) is 0 Å². The molecule has 1 amide bonds. The number of carbonyl (C=O) groups excluding carboxylic acids is 2. The standard InChI is InChI=1S/C66H125NO5/c1-3-5-7-9-11-13-15-16-17-34-37-40-44-48-52-56-60-66(71)72-61-57-53-49-45-41-38-35-32-30-28-26-24-22-20-18-19-21-23-25-27-29-31-33-36-39-43-47-51-55-59-65(70)67-63(62-68)64(69)58-54-50-46-42-14-12-10-8-6-4-2/h13,15,17,34,54,58,63-64,68-69H,3-12,14,16,18-33,35-53,55-57,59-62H2,1-2H3,(H,67,70)/b15-13-,34-17-,58-54+. The molecule has 6 nitrogen and oxygen atoms in total. The molecule has 2 atom stereocenters. The van der Waals surface area contributed by atoms with E-state index in [2.05, 4.69) is 43.5 Å². The third-order valence-electron chi connectivity index (χ3n) is 14.9. The smallest absolute Gasteiger partial charge is 0.305 e. The normalized spacial score (nSPS) is 12.8. The summed E-state index contributed by atoms with van der Waals surface area (Å²) < 4.78 is 5.49. The van der Waals surface area contributed by atoms with Crippen LogP contribution in [0.2, 0.25) is 0 Å². The number of hydrogen-bond acceptors (Lipinski definition) is 5. The summed E-state index contributed by atoms with van der Waals surface area (Å²) in [5.74, 6) is -0.0601. The average molecular weight is 1010 g/mol. The van der Waals surface area contributed by atoms with Crippen molar-refractivity contribution >= 4 is 11.9 Å². The maximum Gasteiger partial charge on any atom is 0.305 e. The molecule has 0 heterocycles. The van der Waals surface area contributed by atoms with Gasteiger partial charge in [-0.1, -0.05) is 307 Å². The molecule has 0 saturated heterocycles. The van der Waals surface area contributed by atoms with Crippen molar-refractivity contribution in [2.45, 2.75) is 360 Å². The number of carbonyl (C=O) groups is 2. The van der Waals surface area contributed by atoms with Gasteiger partial charge in [0.25, 0.3) is 0 Å². The third kappa shape index (κ3) is 57.4. The number of nitrogens with one attached hydrogen (secondary N) is 1. The van der Waals surface area contributed by atoms with Crippen LogP contribution in [0.25, 0.3) is 0 Å². The number of unbranched alkanes of at least 4 members (excludes halogenated alkanes) is 45. The monoisotopic (exact) mass is 1010 g/mol. The second-order valence-corrected chi connectivity index (χ2v) is 22.1. The van der Waals surface area contributed by atoms with Crippen molar-refractivity contribution in [1.82, 2.24) is 5.32 Å². The van der Waals surface area contributed by atoms with Crippen molar-refractivity contribution in [3.63, 3.8) is 0 Å². The topological polar surface area (TPSA) is 95.9 Å². The van der Waals surface area contributed by atoms with E-state index in [-0.39, 0.29) is 18.5 Å². The van der Waals surface area contributed by atoms with E-state index in [0.29, 0.717) is 19.4 Å². The maximum absolute atomic E-state index is 12.4. The van der Waals surface area contributed by atoms with E-state index in [0.717, 1.165) is 51.4 Å². The molecule has 0 aliphatic heterocycles. The van der Waals surface area contributed by atoms with Gasteiger partial charge in [-0.3, -0.25) is 9.59 Å². The summed E-state index contributed by atoms with van der Waals surface area (Å²) in [5.41, 5.74) is 0. The Balaban J connectivity index is 3.33. The number of rotatable bonds is 60. The molecule has 72 heavy (non-hydrogen) atoms. The summed E-state index contributed by atoms with van der Waals surface area (Å²) in [5, 5.41) is 23.0. The Morgan fingerprint density at radius 1 is 0.389 bits per heavy atom. The summed E-state index contributed by atoms with van der Waals surface area (Å²) in [6, 6.07) is -0.623. The SMILES string of the molecule is CCCCCC/C=C\C/C=C\CCCCCCCC(=O)OCCCCCCCCCCCCCCCCCCCCCCCCCCCCCCCC(=O)NC(CO)C(O)/C=C/CCCCCCCCCC. The molecule has 0 saturated carbocycles. The van der Waals surface area contributed by atoms with Crippen LogP contribution in [0.1, 0.15) is 348 Å². The summed E-state index contributed by atoms with van der Waals surface area (Å²) >= 11 is 0. The highest BCUT2D eigenvalue weighted by atomic mass is 16.5. The fourth-order valence-electron chi connectivity index (χ4n) is 9.96. The molecule has 0 radical (unpaired) electrons. The lowest BCUT2D eigenvalue weighted by atomic mass is 10.0. The van der Waals surface area contributed by atoms with Crippen LogP contribution in [0.3, 0.4) is 0 Å². The molecule has 0 bridgehead atoms. The molecule has 0 aromatic carbocycles. The van der Waals surface area contributed by atoms with Gasteiger partial charge in [0.05, 0.1) is 25.4 Å². The average Bonchev–Trinajstić information content (AvgIpc) is 3.38. The second kappa shape index (κ2) is 61.6. The molecule has 6 heteroatoms. The molecule has 0 rings (SSSR count). The molecule has 0 aromatic rings. The Bertz CT molecular complexity index is 1170. The first-order valence-corrected chi connectivity index (χ1v) is 32.3. The number of aliphatic hydroxyl groups excluding tert-OH is 2. The summed E-state index contributed by atoms with van der Waals surface area (Å²) in [6.07, 6.45) is 77.8. The Labute approximate surface area is 449 Å². The van der Waals surface area contributed by atoms with Gasteiger partial charge in [0.1, 0.15) is 0 Å². The van der Waals surface area contributed by atoms with Gasteiger partial charge in [-0.25, -0.2) is 0 Å². The van der Waals surface area contributed by atoms with E-state index in [1.54, 1.807) is 6.08 Å². The summed E-state index contributed by atoms with van der Waals surface area (Å²) in [7, 11) is 0. The number of hydrogen-bond donors (Lipinski definition) is 3. The van der Waals surface area contributed by atoms with Gasteiger partial charge in [0.2, 0.25) is 5.91 Å². The van der Waals surface area contributed by atoms with Crippen LogP contribution in [-0.4, -0.2) is 47.4 Å². The molecule has 0 spiro atoms. The summed E-state index contributed by atoms with van der Waals surface area (Å²) in [6.45, 7) is 4.88. The zero-order valence-electron chi connectivity index (χ0n) is 48.4. The van der Waals surface area contributed by atoms with Gasteiger partial charge in [-0.2, -0.15) is 0 Å².